The lowest BCUT2D eigenvalue weighted by Crippen LogP contribution is -2.40. The van der Waals surface area contributed by atoms with Crippen molar-refractivity contribution in [1.29, 1.82) is 0 Å². The summed E-state index contributed by atoms with van der Waals surface area (Å²) in [7, 11) is 0. The molecule has 0 aliphatic carbocycles. The Morgan fingerprint density at radius 3 is 2.62 bits per heavy atom. The summed E-state index contributed by atoms with van der Waals surface area (Å²) in [4.78, 5) is 43.4. The topological polar surface area (TPSA) is 109 Å². The molecular weight excluding hydrogens is 516 g/mol. The van der Waals surface area contributed by atoms with Crippen LogP contribution in [0.15, 0.2) is 63.5 Å². The number of thiazole rings is 1. The molecule has 0 fully saturated rings. The molecule has 0 unspecified atom stereocenters. The molecule has 1 aliphatic rings. The van der Waals surface area contributed by atoms with Gasteiger partial charge in [-0.15, -0.1) is 0 Å². The van der Waals surface area contributed by atoms with Crippen LogP contribution in [0, 0.1) is 24.0 Å². The highest BCUT2D eigenvalue weighted by Gasteiger charge is 2.34. The fraction of sp³-hybridized carbons (Fsp3) is 0.276. The predicted octanol–water partition coefficient (Wildman–Crippen LogP) is 4.30. The number of aromatic nitrogens is 2. The summed E-state index contributed by atoms with van der Waals surface area (Å²) in [5, 5.41) is 12.8. The summed E-state index contributed by atoms with van der Waals surface area (Å²) in [6, 6.07) is 11.9. The van der Waals surface area contributed by atoms with Crippen LogP contribution in [-0.4, -0.2) is 26.6 Å². The average Bonchev–Trinajstić information content (AvgIpc) is 3.36. The van der Waals surface area contributed by atoms with Crippen molar-refractivity contribution in [3.8, 4) is 0 Å². The summed E-state index contributed by atoms with van der Waals surface area (Å²) >= 11 is 1.23. The molecule has 0 amide bonds. The number of hydrogen-bond donors (Lipinski definition) is 0. The van der Waals surface area contributed by atoms with E-state index in [0.29, 0.717) is 26.2 Å². The maximum absolute atomic E-state index is 14.0. The van der Waals surface area contributed by atoms with Gasteiger partial charge < -0.3 is 9.30 Å². The van der Waals surface area contributed by atoms with Crippen LogP contribution in [0.25, 0.3) is 17.0 Å². The lowest BCUT2D eigenvalue weighted by atomic mass is 9.94. The first-order valence-electron chi connectivity index (χ1n) is 12.7. The number of carbonyl (C=O) groups excluding carboxylic acids is 1. The maximum atomic E-state index is 14.0. The van der Waals surface area contributed by atoms with Crippen LogP contribution in [0.1, 0.15) is 49.2 Å². The van der Waals surface area contributed by atoms with E-state index in [1.54, 1.807) is 32.9 Å². The number of carbonyl (C=O) groups is 1. The van der Waals surface area contributed by atoms with Gasteiger partial charge in [-0.05, 0) is 52.3 Å². The van der Waals surface area contributed by atoms with Crippen molar-refractivity contribution in [2.45, 2.75) is 47.2 Å². The van der Waals surface area contributed by atoms with Gasteiger partial charge in [-0.2, -0.15) is 0 Å². The Hall–Kier alpha value is -4.31. The van der Waals surface area contributed by atoms with E-state index in [9.17, 15) is 19.7 Å². The van der Waals surface area contributed by atoms with Crippen LogP contribution in [0.3, 0.4) is 0 Å². The van der Waals surface area contributed by atoms with Crippen molar-refractivity contribution in [2.24, 2.45) is 4.99 Å². The van der Waals surface area contributed by atoms with Crippen molar-refractivity contribution in [3.63, 3.8) is 0 Å². The summed E-state index contributed by atoms with van der Waals surface area (Å²) in [5.74, 6) is -0.608. The molecule has 0 spiro atoms. The zero-order chi connectivity index (χ0) is 28.0. The van der Waals surface area contributed by atoms with Crippen LogP contribution in [0.4, 0.5) is 5.69 Å². The molecule has 0 N–H and O–H groups in total. The number of rotatable bonds is 6. The number of nitrogens with zero attached hydrogens (tertiary/aromatic N) is 4. The normalized spacial score (nSPS) is 15.4. The van der Waals surface area contributed by atoms with Gasteiger partial charge in [0.25, 0.3) is 11.2 Å². The first kappa shape index (κ1) is 26.3. The quantitative estimate of drug-likeness (QED) is 0.204. The molecule has 4 aromatic rings. The number of allylic oxidation sites excluding steroid dienone is 1. The summed E-state index contributed by atoms with van der Waals surface area (Å²) in [6.07, 6.45) is 1.88. The minimum atomic E-state index is -0.917. The van der Waals surface area contributed by atoms with Gasteiger partial charge in [0, 0.05) is 40.3 Å². The second kappa shape index (κ2) is 10.1. The molecule has 0 saturated heterocycles. The van der Waals surface area contributed by atoms with E-state index < -0.39 is 16.9 Å². The van der Waals surface area contributed by atoms with E-state index in [0.717, 1.165) is 28.7 Å². The molecule has 39 heavy (non-hydrogen) atoms. The molecule has 9 nitrogen and oxygen atoms in total. The third kappa shape index (κ3) is 4.30. The molecule has 0 bridgehead atoms. The Balaban J connectivity index is 1.79. The number of para-hydroxylation sites is 1. The highest BCUT2D eigenvalue weighted by molar-refractivity contribution is 7.07. The van der Waals surface area contributed by atoms with Gasteiger partial charge in [0.15, 0.2) is 4.80 Å². The number of ether oxygens (including phenoxy) is 1. The maximum Gasteiger partial charge on any atom is 0.338 e. The highest BCUT2D eigenvalue weighted by atomic mass is 32.1. The van der Waals surface area contributed by atoms with Crippen LogP contribution in [0.2, 0.25) is 0 Å². The van der Waals surface area contributed by atoms with Crippen molar-refractivity contribution in [2.75, 3.05) is 6.61 Å². The third-order valence-electron chi connectivity index (χ3n) is 7.13. The van der Waals surface area contributed by atoms with Gasteiger partial charge >= 0.3 is 5.97 Å². The van der Waals surface area contributed by atoms with Gasteiger partial charge in [0.05, 0.1) is 33.4 Å². The monoisotopic (exact) mass is 544 g/mol. The number of hydrogen-bond acceptors (Lipinski definition) is 7. The SMILES string of the molecule is CCOC(=O)C1=C(C)N=c2s/c(=C/c3c(C)n(CC)c4ccccc34)c(=O)n2[C@@H]1c1ccc(C)c([N+](=O)[O-])c1. The smallest absolute Gasteiger partial charge is 0.338 e. The lowest BCUT2D eigenvalue weighted by molar-refractivity contribution is -0.385. The van der Waals surface area contributed by atoms with Crippen molar-refractivity contribution in [3.05, 3.63) is 106 Å². The Morgan fingerprint density at radius 1 is 1.18 bits per heavy atom. The van der Waals surface area contributed by atoms with Gasteiger partial charge in [-0.1, -0.05) is 41.7 Å². The second-order valence-electron chi connectivity index (χ2n) is 9.37. The van der Waals surface area contributed by atoms with Gasteiger partial charge in [-0.3, -0.25) is 19.5 Å². The molecule has 3 heterocycles. The minimum absolute atomic E-state index is 0.0875. The molecule has 2 aromatic heterocycles. The number of nitro groups is 1. The largest absolute Gasteiger partial charge is 0.463 e. The van der Waals surface area contributed by atoms with E-state index in [-0.39, 0.29) is 23.4 Å². The molecule has 2 aromatic carbocycles. The number of nitro benzene ring substituents is 1. The van der Waals surface area contributed by atoms with Crippen molar-refractivity contribution >= 4 is 40.0 Å². The van der Waals surface area contributed by atoms with Crippen LogP contribution < -0.4 is 14.9 Å². The number of esters is 1. The highest BCUT2D eigenvalue weighted by Crippen LogP contribution is 2.33. The Labute approximate surface area is 228 Å². The molecule has 1 aliphatic heterocycles. The molecule has 0 radical (unpaired) electrons. The van der Waals surface area contributed by atoms with Gasteiger partial charge in [-0.25, -0.2) is 9.79 Å². The van der Waals surface area contributed by atoms with Gasteiger partial charge in [0.2, 0.25) is 0 Å². The lowest BCUT2D eigenvalue weighted by Gasteiger charge is -2.24. The Morgan fingerprint density at radius 2 is 1.92 bits per heavy atom. The number of fused-ring (bicyclic) bond motifs is 2. The molecule has 10 heteroatoms. The van der Waals surface area contributed by atoms with E-state index in [2.05, 4.69) is 22.5 Å². The van der Waals surface area contributed by atoms with E-state index in [1.807, 2.05) is 31.2 Å². The molecule has 1 atom stereocenters. The second-order valence-corrected chi connectivity index (χ2v) is 10.4. The summed E-state index contributed by atoms with van der Waals surface area (Å²) in [5.41, 5.74) is 4.18. The molecular formula is C29H28N4O5S. The number of aryl methyl sites for hydroxylation is 2. The fourth-order valence-corrected chi connectivity index (χ4v) is 6.31. The van der Waals surface area contributed by atoms with Crippen molar-refractivity contribution in [1.82, 2.24) is 9.13 Å². The van der Waals surface area contributed by atoms with E-state index >= 15 is 0 Å². The van der Waals surface area contributed by atoms with Crippen molar-refractivity contribution < 1.29 is 14.5 Å². The fourth-order valence-electron chi connectivity index (χ4n) is 5.28. The number of benzene rings is 2. The van der Waals surface area contributed by atoms with Crippen LogP contribution in [-0.2, 0) is 16.1 Å². The summed E-state index contributed by atoms with van der Waals surface area (Å²) < 4.78 is 9.45. The summed E-state index contributed by atoms with van der Waals surface area (Å²) in [6.45, 7) is 10.1. The average molecular weight is 545 g/mol. The molecule has 200 valence electrons. The molecule has 0 saturated carbocycles. The first-order valence-corrected chi connectivity index (χ1v) is 13.5. The standard InChI is InChI=1S/C29H28N4O5S/c1-6-31-18(5)21(20-10-8-9-11-22(20)31)15-24-27(34)32-26(19-13-12-16(3)23(14-19)33(36)37)25(28(35)38-7-2)17(4)30-29(32)39-24/h8-15,26H,6-7H2,1-5H3/b24-15+/t26-/m1/s1. The van der Waals surface area contributed by atoms with Crippen LogP contribution in [0.5, 0.6) is 0 Å². The van der Waals surface area contributed by atoms with Gasteiger partial charge in [0.1, 0.15) is 0 Å². The molecule has 5 rings (SSSR count). The van der Waals surface area contributed by atoms with E-state index in [4.69, 9.17) is 4.74 Å². The zero-order valence-corrected chi connectivity index (χ0v) is 23.2. The first-order chi connectivity index (χ1) is 18.7. The van der Waals surface area contributed by atoms with E-state index in [1.165, 1.54) is 22.0 Å². The Kier molecular flexibility index (Phi) is 6.82. The predicted molar refractivity (Wildman–Crippen MR) is 151 cm³/mol. The van der Waals surface area contributed by atoms with Crippen LogP contribution >= 0.6 is 11.3 Å². The Bertz CT molecular complexity index is 1880. The minimum Gasteiger partial charge on any atom is -0.463 e. The zero-order valence-electron chi connectivity index (χ0n) is 22.3. The third-order valence-corrected chi connectivity index (χ3v) is 8.12.